The van der Waals surface area contributed by atoms with Crippen molar-refractivity contribution in [3.05, 3.63) is 101 Å². The Labute approximate surface area is 217 Å². The van der Waals surface area contributed by atoms with E-state index in [4.69, 9.17) is 0 Å². The summed E-state index contributed by atoms with van der Waals surface area (Å²) < 4.78 is 0. The molecule has 0 saturated carbocycles. The summed E-state index contributed by atoms with van der Waals surface area (Å²) in [6, 6.07) is 13.8. The van der Waals surface area contributed by atoms with Crippen molar-refractivity contribution < 1.29 is 0 Å². The van der Waals surface area contributed by atoms with Gasteiger partial charge < -0.3 is 0 Å². The summed E-state index contributed by atoms with van der Waals surface area (Å²) in [4.78, 5) is 0. The summed E-state index contributed by atoms with van der Waals surface area (Å²) in [6.07, 6.45) is 12.5. The van der Waals surface area contributed by atoms with Crippen molar-refractivity contribution in [3.8, 4) is 0 Å². The van der Waals surface area contributed by atoms with E-state index in [0.29, 0.717) is 5.92 Å². The molecular formula is C35H50. The molecule has 3 rings (SSSR count). The summed E-state index contributed by atoms with van der Waals surface area (Å²) >= 11 is 0. The molecule has 0 amide bonds. The number of hydrogen-bond acceptors (Lipinski definition) is 0. The maximum atomic E-state index is 4.53. The molecule has 1 aliphatic carbocycles. The first-order valence-electron chi connectivity index (χ1n) is 14.0. The fourth-order valence-corrected chi connectivity index (χ4v) is 5.08. The van der Waals surface area contributed by atoms with Gasteiger partial charge in [-0.25, -0.2) is 0 Å². The summed E-state index contributed by atoms with van der Waals surface area (Å²) in [5.74, 6) is 0.544. The lowest BCUT2D eigenvalue weighted by Crippen LogP contribution is -2.14. The van der Waals surface area contributed by atoms with Gasteiger partial charge in [-0.3, -0.25) is 0 Å². The minimum Gasteiger partial charge on any atom is -0.0999 e. The van der Waals surface area contributed by atoms with Crippen molar-refractivity contribution in [2.24, 2.45) is 5.92 Å². The Morgan fingerprint density at radius 1 is 0.857 bits per heavy atom. The fraction of sp³-hybridized carbons (Fsp3) is 0.486. The van der Waals surface area contributed by atoms with E-state index in [-0.39, 0.29) is 0 Å². The molecule has 190 valence electrons. The van der Waals surface area contributed by atoms with Crippen molar-refractivity contribution in [1.82, 2.24) is 0 Å². The Morgan fingerprint density at radius 3 is 2.09 bits per heavy atom. The normalized spacial score (nSPS) is 14.7. The molecule has 0 spiro atoms. The second-order valence-electron chi connectivity index (χ2n) is 10.5. The third-order valence-electron chi connectivity index (χ3n) is 7.27. The molecule has 0 nitrogen and oxygen atoms in total. The SMILES string of the molecule is C=C(CCCc1ccc(C)cc1)CCC(=C)CC1CCc2cc(CC)c(CC)cc2C1=C.CCC. The molecular weight excluding hydrogens is 420 g/mol. The first-order chi connectivity index (χ1) is 16.8. The monoisotopic (exact) mass is 470 g/mol. The lowest BCUT2D eigenvalue weighted by atomic mass is 9.75. The Morgan fingerprint density at radius 2 is 1.46 bits per heavy atom. The lowest BCUT2D eigenvalue weighted by Gasteiger charge is -2.29. The molecule has 2 aromatic carbocycles. The van der Waals surface area contributed by atoms with Crippen LogP contribution in [0.3, 0.4) is 0 Å². The van der Waals surface area contributed by atoms with Crippen LogP contribution < -0.4 is 0 Å². The summed E-state index contributed by atoms with van der Waals surface area (Å²) in [5.41, 5.74) is 12.8. The van der Waals surface area contributed by atoms with Crippen LogP contribution >= 0.6 is 0 Å². The van der Waals surface area contributed by atoms with Crippen LogP contribution in [0, 0.1) is 12.8 Å². The Hall–Kier alpha value is -2.34. The van der Waals surface area contributed by atoms with Gasteiger partial charge in [0, 0.05) is 0 Å². The third-order valence-corrected chi connectivity index (χ3v) is 7.27. The van der Waals surface area contributed by atoms with Gasteiger partial charge in [0.25, 0.3) is 0 Å². The Bertz CT molecular complexity index is 970. The van der Waals surface area contributed by atoms with Gasteiger partial charge in [0.15, 0.2) is 0 Å². The van der Waals surface area contributed by atoms with Crippen molar-refractivity contribution >= 4 is 5.57 Å². The maximum absolute atomic E-state index is 4.53. The molecule has 2 aromatic rings. The van der Waals surface area contributed by atoms with Crippen LogP contribution in [-0.4, -0.2) is 0 Å². The van der Waals surface area contributed by atoms with E-state index in [9.17, 15) is 0 Å². The standard InChI is InChI=1S/C32H42.C3H8/c1-7-28-21-31-19-18-30(26(6)32(31)22-29(28)8-2)20-25(5)13-12-23(3)10-9-11-27-16-14-24(4)15-17-27;1-3-2/h14-17,21-22,30H,3,5-13,18-20H2,1-2,4H3;3H2,1-2H3. The van der Waals surface area contributed by atoms with Gasteiger partial charge in [0.1, 0.15) is 0 Å². The van der Waals surface area contributed by atoms with Crippen molar-refractivity contribution in [2.45, 2.75) is 105 Å². The predicted octanol–water partition coefficient (Wildman–Crippen LogP) is 10.4. The molecule has 0 aliphatic heterocycles. The molecule has 1 unspecified atom stereocenters. The second kappa shape index (κ2) is 14.9. The molecule has 0 N–H and O–H groups in total. The van der Waals surface area contributed by atoms with Gasteiger partial charge in [-0.05, 0) is 110 Å². The van der Waals surface area contributed by atoms with Crippen LogP contribution in [0.2, 0.25) is 0 Å². The molecule has 0 bridgehead atoms. The van der Waals surface area contributed by atoms with Gasteiger partial charge in [-0.1, -0.05) is 107 Å². The number of aryl methyl sites for hydroxylation is 5. The first-order valence-corrected chi connectivity index (χ1v) is 14.0. The first kappa shape index (κ1) is 28.9. The van der Waals surface area contributed by atoms with Crippen LogP contribution in [0.5, 0.6) is 0 Å². The molecule has 1 aliphatic rings. The molecule has 0 heteroatoms. The molecule has 0 radical (unpaired) electrons. The Kier molecular flexibility index (Phi) is 12.3. The minimum atomic E-state index is 0.544. The van der Waals surface area contributed by atoms with Crippen LogP contribution in [0.25, 0.3) is 5.57 Å². The van der Waals surface area contributed by atoms with Gasteiger partial charge in [0.05, 0.1) is 0 Å². The number of rotatable bonds is 11. The highest BCUT2D eigenvalue weighted by Gasteiger charge is 2.24. The topological polar surface area (TPSA) is 0 Å². The quantitative estimate of drug-likeness (QED) is 0.286. The highest BCUT2D eigenvalue weighted by atomic mass is 14.3. The van der Waals surface area contributed by atoms with E-state index in [2.05, 4.69) is 90.8 Å². The van der Waals surface area contributed by atoms with Gasteiger partial charge in [-0.15, -0.1) is 0 Å². The van der Waals surface area contributed by atoms with E-state index in [1.807, 2.05) is 0 Å². The summed E-state index contributed by atoms with van der Waals surface area (Å²) in [5, 5.41) is 0. The van der Waals surface area contributed by atoms with Crippen molar-refractivity contribution in [3.63, 3.8) is 0 Å². The second-order valence-corrected chi connectivity index (χ2v) is 10.5. The van der Waals surface area contributed by atoms with Gasteiger partial charge in [0.2, 0.25) is 0 Å². The summed E-state index contributed by atoms with van der Waals surface area (Å²) in [6.45, 7) is 24.2. The molecule has 0 heterocycles. The average molecular weight is 471 g/mol. The van der Waals surface area contributed by atoms with E-state index in [1.54, 1.807) is 0 Å². The number of fused-ring (bicyclic) bond motifs is 1. The van der Waals surface area contributed by atoms with Crippen LogP contribution in [0.4, 0.5) is 0 Å². The lowest BCUT2D eigenvalue weighted by molar-refractivity contribution is 0.573. The smallest absolute Gasteiger partial charge is 0.0121 e. The van der Waals surface area contributed by atoms with Gasteiger partial charge in [-0.2, -0.15) is 0 Å². The molecule has 0 saturated heterocycles. The van der Waals surface area contributed by atoms with Crippen LogP contribution in [0.1, 0.15) is 106 Å². The fourth-order valence-electron chi connectivity index (χ4n) is 5.08. The van der Waals surface area contributed by atoms with E-state index >= 15 is 0 Å². The molecule has 1 atom stereocenters. The van der Waals surface area contributed by atoms with E-state index < -0.39 is 0 Å². The maximum Gasteiger partial charge on any atom is -0.0121 e. The molecule has 0 aromatic heterocycles. The third kappa shape index (κ3) is 8.99. The highest BCUT2D eigenvalue weighted by molar-refractivity contribution is 5.71. The van der Waals surface area contributed by atoms with E-state index in [1.165, 1.54) is 75.8 Å². The zero-order valence-corrected chi connectivity index (χ0v) is 23.4. The Balaban J connectivity index is 0.00000137. The van der Waals surface area contributed by atoms with Crippen molar-refractivity contribution in [2.75, 3.05) is 0 Å². The number of hydrogen-bond donors (Lipinski definition) is 0. The molecule has 0 fully saturated rings. The van der Waals surface area contributed by atoms with Crippen molar-refractivity contribution in [1.29, 1.82) is 0 Å². The van der Waals surface area contributed by atoms with Crippen LogP contribution in [-0.2, 0) is 25.7 Å². The average Bonchev–Trinajstić information content (AvgIpc) is 2.85. The zero-order chi connectivity index (χ0) is 25.8. The molecule has 35 heavy (non-hydrogen) atoms. The largest absolute Gasteiger partial charge is 0.0999 e. The number of benzene rings is 2. The zero-order valence-electron chi connectivity index (χ0n) is 23.4. The minimum absolute atomic E-state index is 0.544. The van der Waals surface area contributed by atoms with E-state index in [0.717, 1.165) is 44.9 Å². The summed E-state index contributed by atoms with van der Waals surface area (Å²) in [7, 11) is 0. The highest BCUT2D eigenvalue weighted by Crippen LogP contribution is 2.39. The van der Waals surface area contributed by atoms with Crippen LogP contribution in [0.15, 0.2) is 67.3 Å². The number of allylic oxidation sites excluding steroid dienone is 3. The van der Waals surface area contributed by atoms with Gasteiger partial charge >= 0.3 is 0 Å². The predicted molar refractivity (Wildman–Crippen MR) is 158 cm³/mol.